The van der Waals surface area contributed by atoms with E-state index in [9.17, 15) is 4.79 Å². The molecule has 3 aromatic rings. The van der Waals surface area contributed by atoms with Gasteiger partial charge in [-0.3, -0.25) is 9.36 Å². The number of benzene rings is 2. The topological polar surface area (TPSA) is 56.2 Å². The molecule has 0 aliphatic carbocycles. The van der Waals surface area contributed by atoms with Crippen LogP contribution in [0.4, 0.5) is 0 Å². The first-order valence-corrected chi connectivity index (χ1v) is 10.7. The number of hydrogen-bond donors (Lipinski definition) is 1. The van der Waals surface area contributed by atoms with Gasteiger partial charge in [0.25, 0.3) is 5.56 Å². The fourth-order valence-electron chi connectivity index (χ4n) is 3.56. The average Bonchev–Trinajstić information content (AvgIpc) is 2.75. The van der Waals surface area contributed by atoms with Gasteiger partial charge in [-0.05, 0) is 62.7 Å². The first-order chi connectivity index (χ1) is 14.2. The van der Waals surface area contributed by atoms with Crippen LogP contribution in [-0.2, 0) is 0 Å². The quantitative estimate of drug-likeness (QED) is 0.492. The molecule has 0 bridgehead atoms. The molecule has 0 unspecified atom stereocenters. The highest BCUT2D eigenvalue weighted by molar-refractivity contribution is 5.77. The number of unbranched alkanes of at least 4 members (excludes halogenated alkanes) is 2. The zero-order chi connectivity index (χ0) is 20.6. The molecule has 1 N–H and O–H groups in total. The van der Waals surface area contributed by atoms with Crippen molar-refractivity contribution in [2.75, 3.05) is 13.2 Å². The second-order valence-corrected chi connectivity index (χ2v) is 7.18. The van der Waals surface area contributed by atoms with Crippen molar-refractivity contribution < 1.29 is 4.74 Å². The summed E-state index contributed by atoms with van der Waals surface area (Å²) in [5.41, 5.74) is 1.51. The maximum atomic E-state index is 13.4. The van der Waals surface area contributed by atoms with Crippen molar-refractivity contribution in [1.29, 1.82) is 0 Å². The maximum Gasteiger partial charge on any atom is 0.266 e. The minimum atomic E-state index is -0.0384. The SMILES string of the molecule is CCCCCN[C@H](CC)c1nc2ccccc2c(=O)n1-c1ccc(OCC)cc1. The third-order valence-electron chi connectivity index (χ3n) is 5.10. The molecule has 0 fully saturated rings. The lowest BCUT2D eigenvalue weighted by Gasteiger charge is -2.22. The first kappa shape index (κ1) is 21.1. The Hall–Kier alpha value is -2.66. The summed E-state index contributed by atoms with van der Waals surface area (Å²) in [6.45, 7) is 7.81. The summed E-state index contributed by atoms with van der Waals surface area (Å²) in [6.07, 6.45) is 4.35. The van der Waals surface area contributed by atoms with Gasteiger partial charge in [-0.2, -0.15) is 0 Å². The van der Waals surface area contributed by atoms with Gasteiger partial charge in [-0.15, -0.1) is 0 Å². The standard InChI is InChI=1S/C24H31N3O2/c1-4-7-10-17-25-21(5-2)23-26-22-12-9-8-11-20(22)24(28)27(23)18-13-15-19(16-14-18)29-6-3/h8-9,11-16,21,25H,4-7,10,17H2,1-3H3/t21-/m1/s1. The van der Waals surface area contributed by atoms with Gasteiger partial charge >= 0.3 is 0 Å². The monoisotopic (exact) mass is 393 g/mol. The molecule has 1 aromatic heterocycles. The summed E-state index contributed by atoms with van der Waals surface area (Å²) in [7, 11) is 0. The van der Waals surface area contributed by atoms with Gasteiger partial charge in [0.15, 0.2) is 0 Å². The van der Waals surface area contributed by atoms with Crippen LogP contribution in [0.15, 0.2) is 53.3 Å². The molecule has 1 atom stereocenters. The molecule has 0 saturated carbocycles. The van der Waals surface area contributed by atoms with Crippen molar-refractivity contribution >= 4 is 10.9 Å². The molecule has 154 valence electrons. The summed E-state index contributed by atoms with van der Waals surface area (Å²) in [4.78, 5) is 18.3. The van der Waals surface area contributed by atoms with Crippen molar-refractivity contribution in [2.24, 2.45) is 0 Å². The predicted molar refractivity (Wildman–Crippen MR) is 119 cm³/mol. The zero-order valence-corrected chi connectivity index (χ0v) is 17.6. The molecular formula is C24H31N3O2. The van der Waals surface area contributed by atoms with E-state index in [1.54, 1.807) is 4.57 Å². The second-order valence-electron chi connectivity index (χ2n) is 7.18. The van der Waals surface area contributed by atoms with Gasteiger partial charge in [-0.1, -0.05) is 38.8 Å². The molecule has 0 aliphatic rings. The number of rotatable bonds is 10. The van der Waals surface area contributed by atoms with Crippen LogP contribution in [0.1, 0.15) is 58.3 Å². The number of fused-ring (bicyclic) bond motifs is 1. The Morgan fingerprint density at radius 2 is 1.79 bits per heavy atom. The highest BCUT2D eigenvalue weighted by atomic mass is 16.5. The van der Waals surface area contributed by atoms with E-state index in [0.717, 1.165) is 42.2 Å². The Morgan fingerprint density at radius 3 is 2.48 bits per heavy atom. The average molecular weight is 394 g/mol. The second kappa shape index (κ2) is 10.2. The Balaban J connectivity index is 2.09. The third-order valence-corrected chi connectivity index (χ3v) is 5.10. The molecule has 0 radical (unpaired) electrons. The summed E-state index contributed by atoms with van der Waals surface area (Å²) >= 11 is 0. The lowest BCUT2D eigenvalue weighted by Crippen LogP contribution is -2.31. The van der Waals surface area contributed by atoms with Gasteiger partial charge in [0, 0.05) is 0 Å². The van der Waals surface area contributed by atoms with Crippen LogP contribution >= 0.6 is 0 Å². The lowest BCUT2D eigenvalue weighted by atomic mass is 10.1. The predicted octanol–water partition coefficient (Wildman–Crippen LogP) is 5.02. The molecule has 0 spiro atoms. The smallest absolute Gasteiger partial charge is 0.266 e. The van der Waals surface area contributed by atoms with E-state index in [2.05, 4.69) is 19.2 Å². The van der Waals surface area contributed by atoms with E-state index in [0.29, 0.717) is 12.0 Å². The summed E-state index contributed by atoms with van der Waals surface area (Å²) in [5, 5.41) is 4.24. The fourth-order valence-corrected chi connectivity index (χ4v) is 3.56. The summed E-state index contributed by atoms with van der Waals surface area (Å²) in [5.74, 6) is 1.56. The fraction of sp³-hybridized carbons (Fsp3) is 0.417. The summed E-state index contributed by atoms with van der Waals surface area (Å²) in [6, 6.07) is 15.2. The van der Waals surface area contributed by atoms with Crippen LogP contribution < -0.4 is 15.6 Å². The third kappa shape index (κ3) is 4.85. The lowest BCUT2D eigenvalue weighted by molar-refractivity contribution is 0.340. The molecule has 2 aromatic carbocycles. The van der Waals surface area contributed by atoms with E-state index in [-0.39, 0.29) is 11.6 Å². The van der Waals surface area contributed by atoms with Crippen LogP contribution in [0.5, 0.6) is 5.75 Å². The van der Waals surface area contributed by atoms with Gasteiger partial charge in [0.1, 0.15) is 11.6 Å². The van der Waals surface area contributed by atoms with Crippen molar-refractivity contribution in [2.45, 2.75) is 52.5 Å². The molecule has 0 aliphatic heterocycles. The normalized spacial score (nSPS) is 12.2. The minimum Gasteiger partial charge on any atom is -0.494 e. The van der Waals surface area contributed by atoms with Gasteiger partial charge in [-0.25, -0.2) is 4.98 Å². The highest BCUT2D eigenvalue weighted by Gasteiger charge is 2.19. The molecule has 1 heterocycles. The van der Waals surface area contributed by atoms with Gasteiger partial charge < -0.3 is 10.1 Å². The largest absolute Gasteiger partial charge is 0.494 e. The number of ether oxygens (including phenoxy) is 1. The van der Waals surface area contributed by atoms with Crippen molar-refractivity contribution in [3.8, 4) is 11.4 Å². The number of hydrogen-bond acceptors (Lipinski definition) is 4. The Bertz CT molecular complexity index is 980. The Kier molecular flexibility index (Phi) is 7.42. The van der Waals surface area contributed by atoms with E-state index in [4.69, 9.17) is 9.72 Å². The molecule has 3 rings (SSSR count). The van der Waals surface area contributed by atoms with E-state index >= 15 is 0 Å². The van der Waals surface area contributed by atoms with Crippen molar-refractivity contribution in [3.63, 3.8) is 0 Å². The van der Waals surface area contributed by atoms with E-state index < -0.39 is 0 Å². The molecule has 29 heavy (non-hydrogen) atoms. The van der Waals surface area contributed by atoms with Crippen LogP contribution in [0.2, 0.25) is 0 Å². The number of nitrogens with one attached hydrogen (secondary N) is 1. The van der Waals surface area contributed by atoms with Crippen LogP contribution in [0.25, 0.3) is 16.6 Å². The summed E-state index contributed by atoms with van der Waals surface area (Å²) < 4.78 is 7.31. The molecule has 5 nitrogen and oxygen atoms in total. The van der Waals surface area contributed by atoms with Gasteiger partial charge in [0.2, 0.25) is 0 Å². The molecule has 5 heteroatoms. The number of aromatic nitrogens is 2. The Labute approximate surface area is 172 Å². The van der Waals surface area contributed by atoms with Crippen LogP contribution in [0.3, 0.4) is 0 Å². The molecule has 0 saturated heterocycles. The first-order valence-electron chi connectivity index (χ1n) is 10.7. The minimum absolute atomic E-state index is 0.00994. The molecular weight excluding hydrogens is 362 g/mol. The molecule has 0 amide bonds. The highest BCUT2D eigenvalue weighted by Crippen LogP contribution is 2.22. The van der Waals surface area contributed by atoms with E-state index in [1.165, 1.54) is 12.8 Å². The number of nitrogens with zero attached hydrogens (tertiary/aromatic N) is 2. The zero-order valence-electron chi connectivity index (χ0n) is 17.6. The maximum absolute atomic E-state index is 13.4. The van der Waals surface area contributed by atoms with E-state index in [1.807, 2.05) is 55.5 Å². The van der Waals surface area contributed by atoms with Gasteiger partial charge in [0.05, 0.1) is 29.2 Å². The van der Waals surface area contributed by atoms with Crippen LogP contribution in [-0.4, -0.2) is 22.7 Å². The van der Waals surface area contributed by atoms with Crippen LogP contribution in [0, 0.1) is 0 Å². The number of para-hydroxylation sites is 1. The van der Waals surface area contributed by atoms with Crippen molar-refractivity contribution in [1.82, 2.24) is 14.9 Å². The Morgan fingerprint density at radius 1 is 1.03 bits per heavy atom. The van der Waals surface area contributed by atoms with Crippen molar-refractivity contribution in [3.05, 3.63) is 64.7 Å².